The molecule has 0 spiro atoms. The number of hydrogen-bond acceptors (Lipinski definition) is 2. The molecule has 1 aromatic rings. The van der Waals surface area contributed by atoms with Crippen molar-refractivity contribution in [3.63, 3.8) is 0 Å². The average Bonchev–Trinajstić information content (AvgIpc) is 3.01. The molecule has 74 valence electrons. The van der Waals surface area contributed by atoms with Crippen LogP contribution in [0.1, 0.15) is 12.5 Å². The smallest absolute Gasteiger partial charge is 0.119 e. The Morgan fingerprint density at radius 3 is 2.71 bits per heavy atom. The van der Waals surface area contributed by atoms with Crippen LogP contribution in [0.4, 0.5) is 0 Å². The standard InChI is InChI=1S/C12H14O2/c1-2-3-10-4-6-11(7-5-10)13-8-12-9-14-12/h2-7,12H,8-9H2,1H3/b3-2+. The molecule has 1 aliphatic heterocycles. The first-order valence-electron chi connectivity index (χ1n) is 4.85. The molecule has 1 unspecified atom stereocenters. The van der Waals surface area contributed by atoms with Crippen LogP contribution in [0.25, 0.3) is 6.08 Å². The third-order valence-electron chi connectivity index (χ3n) is 2.08. The van der Waals surface area contributed by atoms with Gasteiger partial charge in [-0.25, -0.2) is 0 Å². The van der Waals surface area contributed by atoms with Crippen LogP contribution in [0, 0.1) is 0 Å². The number of benzene rings is 1. The third kappa shape index (κ3) is 2.60. The highest BCUT2D eigenvalue weighted by Gasteiger charge is 2.22. The summed E-state index contributed by atoms with van der Waals surface area (Å²) in [6.45, 7) is 3.52. The fourth-order valence-electron chi connectivity index (χ4n) is 1.22. The summed E-state index contributed by atoms with van der Waals surface area (Å²) in [5.74, 6) is 0.911. The van der Waals surface area contributed by atoms with E-state index in [4.69, 9.17) is 9.47 Å². The van der Waals surface area contributed by atoms with Crippen molar-refractivity contribution < 1.29 is 9.47 Å². The molecular formula is C12H14O2. The second kappa shape index (κ2) is 4.29. The zero-order valence-electron chi connectivity index (χ0n) is 8.27. The molecule has 0 saturated carbocycles. The van der Waals surface area contributed by atoms with Gasteiger partial charge in [-0.05, 0) is 24.6 Å². The van der Waals surface area contributed by atoms with Crippen LogP contribution in [-0.2, 0) is 4.74 Å². The first kappa shape index (κ1) is 9.28. The summed E-state index contributed by atoms with van der Waals surface area (Å²) >= 11 is 0. The van der Waals surface area contributed by atoms with Gasteiger partial charge in [-0.15, -0.1) is 0 Å². The van der Waals surface area contributed by atoms with Gasteiger partial charge in [0.05, 0.1) is 6.61 Å². The summed E-state index contributed by atoms with van der Waals surface area (Å²) in [6, 6.07) is 8.06. The van der Waals surface area contributed by atoms with Gasteiger partial charge in [0, 0.05) is 0 Å². The molecular weight excluding hydrogens is 176 g/mol. The Balaban J connectivity index is 1.91. The third-order valence-corrected chi connectivity index (χ3v) is 2.08. The summed E-state index contributed by atoms with van der Waals surface area (Å²) in [4.78, 5) is 0. The Bertz CT molecular complexity index is 310. The fraction of sp³-hybridized carbons (Fsp3) is 0.333. The number of ether oxygens (including phenoxy) is 2. The van der Waals surface area contributed by atoms with Gasteiger partial charge in [0.2, 0.25) is 0 Å². The van der Waals surface area contributed by atoms with E-state index in [1.807, 2.05) is 37.3 Å². The van der Waals surface area contributed by atoms with Gasteiger partial charge in [-0.1, -0.05) is 24.3 Å². The Kier molecular flexibility index (Phi) is 2.84. The van der Waals surface area contributed by atoms with Gasteiger partial charge >= 0.3 is 0 Å². The highest BCUT2D eigenvalue weighted by atomic mass is 16.6. The quantitative estimate of drug-likeness (QED) is 0.680. The topological polar surface area (TPSA) is 21.8 Å². The van der Waals surface area contributed by atoms with E-state index < -0.39 is 0 Å². The van der Waals surface area contributed by atoms with Crippen molar-refractivity contribution in [2.75, 3.05) is 13.2 Å². The van der Waals surface area contributed by atoms with E-state index in [2.05, 4.69) is 6.08 Å². The largest absolute Gasteiger partial charge is 0.491 e. The zero-order chi connectivity index (χ0) is 9.80. The molecule has 2 rings (SSSR count). The van der Waals surface area contributed by atoms with E-state index in [0.717, 1.165) is 12.4 Å². The van der Waals surface area contributed by atoms with Crippen LogP contribution in [-0.4, -0.2) is 19.3 Å². The lowest BCUT2D eigenvalue weighted by molar-refractivity contribution is 0.263. The molecule has 0 amide bonds. The van der Waals surface area contributed by atoms with E-state index in [1.54, 1.807) is 0 Å². The summed E-state index contributed by atoms with van der Waals surface area (Å²) in [5.41, 5.74) is 1.20. The average molecular weight is 190 g/mol. The van der Waals surface area contributed by atoms with E-state index in [-0.39, 0.29) is 0 Å². The Labute approximate surface area is 84.2 Å². The molecule has 1 atom stereocenters. The number of rotatable bonds is 4. The monoisotopic (exact) mass is 190 g/mol. The fourth-order valence-corrected chi connectivity index (χ4v) is 1.22. The summed E-state index contributed by atoms with van der Waals surface area (Å²) in [5, 5.41) is 0. The molecule has 1 heterocycles. The molecule has 1 aromatic carbocycles. The van der Waals surface area contributed by atoms with Crippen molar-refractivity contribution in [3.8, 4) is 5.75 Å². The summed E-state index contributed by atoms with van der Waals surface area (Å²) in [6.07, 6.45) is 4.41. The minimum absolute atomic E-state index is 0.324. The van der Waals surface area contributed by atoms with E-state index in [0.29, 0.717) is 12.7 Å². The van der Waals surface area contributed by atoms with E-state index >= 15 is 0 Å². The lowest BCUT2D eigenvalue weighted by atomic mass is 10.2. The van der Waals surface area contributed by atoms with E-state index in [9.17, 15) is 0 Å². The van der Waals surface area contributed by atoms with Gasteiger partial charge in [-0.2, -0.15) is 0 Å². The second-order valence-electron chi connectivity index (χ2n) is 3.34. The molecule has 0 N–H and O–H groups in total. The van der Waals surface area contributed by atoms with Crippen LogP contribution in [0.5, 0.6) is 5.75 Å². The second-order valence-corrected chi connectivity index (χ2v) is 3.34. The lowest BCUT2D eigenvalue weighted by Crippen LogP contribution is -2.03. The minimum Gasteiger partial charge on any atom is -0.491 e. The minimum atomic E-state index is 0.324. The highest BCUT2D eigenvalue weighted by Crippen LogP contribution is 2.16. The summed E-state index contributed by atoms with van der Waals surface area (Å²) in [7, 11) is 0. The number of hydrogen-bond donors (Lipinski definition) is 0. The van der Waals surface area contributed by atoms with Crippen molar-refractivity contribution in [2.45, 2.75) is 13.0 Å². The first-order valence-corrected chi connectivity index (χ1v) is 4.85. The van der Waals surface area contributed by atoms with Gasteiger partial charge in [0.15, 0.2) is 0 Å². The first-order chi connectivity index (χ1) is 6.88. The van der Waals surface area contributed by atoms with Crippen LogP contribution < -0.4 is 4.74 Å². The Morgan fingerprint density at radius 1 is 1.43 bits per heavy atom. The molecule has 0 radical (unpaired) electrons. The molecule has 0 aromatic heterocycles. The maximum atomic E-state index is 5.51. The maximum Gasteiger partial charge on any atom is 0.119 e. The van der Waals surface area contributed by atoms with Crippen molar-refractivity contribution >= 4 is 6.08 Å². The normalized spacial score (nSPS) is 19.9. The molecule has 1 saturated heterocycles. The molecule has 1 aliphatic rings. The van der Waals surface area contributed by atoms with Crippen LogP contribution in [0.3, 0.4) is 0 Å². The predicted octanol–water partition coefficient (Wildman–Crippen LogP) is 2.50. The highest BCUT2D eigenvalue weighted by molar-refractivity contribution is 5.50. The van der Waals surface area contributed by atoms with Crippen LogP contribution in [0.15, 0.2) is 30.3 Å². The zero-order valence-corrected chi connectivity index (χ0v) is 8.27. The molecule has 0 bridgehead atoms. The van der Waals surface area contributed by atoms with Crippen LogP contribution in [0.2, 0.25) is 0 Å². The van der Waals surface area contributed by atoms with Crippen molar-refractivity contribution in [2.24, 2.45) is 0 Å². The van der Waals surface area contributed by atoms with Gasteiger partial charge in [0.25, 0.3) is 0 Å². The molecule has 1 fully saturated rings. The maximum absolute atomic E-state index is 5.51. The summed E-state index contributed by atoms with van der Waals surface area (Å²) < 4.78 is 10.6. The van der Waals surface area contributed by atoms with E-state index in [1.165, 1.54) is 5.56 Å². The predicted molar refractivity (Wildman–Crippen MR) is 56.4 cm³/mol. The van der Waals surface area contributed by atoms with Crippen molar-refractivity contribution in [3.05, 3.63) is 35.9 Å². The Hall–Kier alpha value is -1.28. The van der Waals surface area contributed by atoms with Gasteiger partial charge in [0.1, 0.15) is 18.5 Å². The number of allylic oxidation sites excluding steroid dienone is 1. The number of epoxide rings is 1. The van der Waals surface area contributed by atoms with Gasteiger partial charge < -0.3 is 9.47 Å². The SMILES string of the molecule is C/C=C/c1ccc(OCC2CO2)cc1. The molecule has 2 heteroatoms. The Morgan fingerprint density at radius 2 is 2.14 bits per heavy atom. The van der Waals surface area contributed by atoms with Crippen molar-refractivity contribution in [1.82, 2.24) is 0 Å². The lowest BCUT2D eigenvalue weighted by Gasteiger charge is -2.03. The molecule has 0 aliphatic carbocycles. The van der Waals surface area contributed by atoms with Crippen LogP contribution >= 0.6 is 0 Å². The van der Waals surface area contributed by atoms with Gasteiger partial charge in [-0.3, -0.25) is 0 Å². The molecule has 2 nitrogen and oxygen atoms in total. The molecule has 14 heavy (non-hydrogen) atoms. The van der Waals surface area contributed by atoms with Crippen molar-refractivity contribution in [1.29, 1.82) is 0 Å².